The Balaban J connectivity index is 2.45. The number of carbonyl (C=O) groups is 1. The van der Waals surface area contributed by atoms with Crippen LogP contribution in [0.5, 0.6) is 0 Å². The summed E-state index contributed by atoms with van der Waals surface area (Å²) in [5, 5.41) is 9.36. The Bertz CT molecular complexity index is 206. The van der Waals surface area contributed by atoms with E-state index in [1.54, 1.807) is 6.92 Å². The molecule has 0 radical (unpaired) electrons. The van der Waals surface area contributed by atoms with Crippen LogP contribution < -0.4 is 0 Å². The maximum atomic E-state index is 11.2. The molecule has 0 saturated carbocycles. The summed E-state index contributed by atoms with van der Waals surface area (Å²) < 4.78 is 4.68. The van der Waals surface area contributed by atoms with Gasteiger partial charge in [-0.05, 0) is 26.3 Å². The van der Waals surface area contributed by atoms with Crippen molar-refractivity contribution in [1.29, 1.82) is 0 Å². The number of likely N-dealkylation sites (tertiary alicyclic amines) is 1. The molecule has 15 heavy (non-hydrogen) atoms. The van der Waals surface area contributed by atoms with Crippen LogP contribution in [0.1, 0.15) is 32.6 Å². The number of aliphatic hydroxyl groups excluding tert-OH is 1. The van der Waals surface area contributed by atoms with E-state index in [4.69, 9.17) is 0 Å². The van der Waals surface area contributed by atoms with Crippen LogP contribution in [0, 0.1) is 0 Å². The maximum absolute atomic E-state index is 11.2. The van der Waals surface area contributed by atoms with Gasteiger partial charge in [-0.2, -0.15) is 0 Å². The van der Waals surface area contributed by atoms with Gasteiger partial charge in [0.15, 0.2) is 0 Å². The molecule has 0 amide bonds. The van der Waals surface area contributed by atoms with E-state index in [1.807, 2.05) is 0 Å². The number of β-amino-alcohol motifs (C(OH)–C–C–N with tert-alkyl or cyclic N) is 1. The van der Waals surface area contributed by atoms with Gasteiger partial charge in [-0.15, -0.1) is 0 Å². The minimum atomic E-state index is -0.330. The number of esters is 1. The van der Waals surface area contributed by atoms with Crippen LogP contribution >= 0.6 is 0 Å². The van der Waals surface area contributed by atoms with Crippen LogP contribution in [0.4, 0.5) is 0 Å². The lowest BCUT2D eigenvalue weighted by Gasteiger charge is -2.35. The van der Waals surface area contributed by atoms with Gasteiger partial charge in [0.2, 0.25) is 0 Å². The fourth-order valence-electron chi connectivity index (χ4n) is 2.15. The maximum Gasteiger partial charge on any atom is 0.307 e. The smallest absolute Gasteiger partial charge is 0.307 e. The van der Waals surface area contributed by atoms with Gasteiger partial charge < -0.3 is 9.84 Å². The van der Waals surface area contributed by atoms with Crippen LogP contribution in [0.25, 0.3) is 0 Å². The molecule has 1 saturated heterocycles. The number of aliphatic hydroxyl groups is 1. The molecule has 0 aromatic rings. The molecule has 88 valence electrons. The second-order valence-electron chi connectivity index (χ2n) is 4.27. The standard InChI is InChI=1S/C11H21NO3/c1-9(13)8-12-6-4-3-5-10(12)7-11(14)15-2/h9-10,13H,3-8H2,1-2H3. The van der Waals surface area contributed by atoms with Crippen molar-refractivity contribution >= 4 is 5.97 Å². The Kier molecular flexibility index (Phi) is 5.05. The third kappa shape index (κ3) is 4.18. The molecule has 1 aliphatic rings. The molecule has 0 spiro atoms. The van der Waals surface area contributed by atoms with Crippen molar-refractivity contribution < 1.29 is 14.6 Å². The molecule has 0 aliphatic carbocycles. The molecular weight excluding hydrogens is 194 g/mol. The molecule has 0 aromatic heterocycles. The highest BCUT2D eigenvalue weighted by Gasteiger charge is 2.25. The minimum Gasteiger partial charge on any atom is -0.469 e. The first-order valence-corrected chi connectivity index (χ1v) is 5.62. The Morgan fingerprint density at radius 1 is 1.60 bits per heavy atom. The van der Waals surface area contributed by atoms with Gasteiger partial charge in [0.05, 0.1) is 19.6 Å². The van der Waals surface area contributed by atoms with Gasteiger partial charge in [-0.1, -0.05) is 6.42 Å². The summed E-state index contributed by atoms with van der Waals surface area (Å²) in [6.07, 6.45) is 3.47. The van der Waals surface area contributed by atoms with E-state index in [0.29, 0.717) is 13.0 Å². The number of methoxy groups -OCH3 is 1. The van der Waals surface area contributed by atoms with Gasteiger partial charge in [-0.25, -0.2) is 0 Å². The molecule has 2 unspecified atom stereocenters. The Labute approximate surface area is 91.2 Å². The van der Waals surface area contributed by atoms with Crippen molar-refractivity contribution in [3.05, 3.63) is 0 Å². The van der Waals surface area contributed by atoms with Crippen LogP contribution in [0.15, 0.2) is 0 Å². The lowest BCUT2D eigenvalue weighted by Crippen LogP contribution is -2.44. The summed E-state index contributed by atoms with van der Waals surface area (Å²) in [4.78, 5) is 13.4. The number of ether oxygens (including phenoxy) is 1. The molecule has 4 nitrogen and oxygen atoms in total. The van der Waals surface area contributed by atoms with E-state index in [9.17, 15) is 9.90 Å². The Hall–Kier alpha value is -0.610. The Morgan fingerprint density at radius 2 is 2.33 bits per heavy atom. The predicted molar refractivity (Wildman–Crippen MR) is 57.5 cm³/mol. The molecule has 1 N–H and O–H groups in total. The zero-order valence-corrected chi connectivity index (χ0v) is 9.61. The summed E-state index contributed by atoms with van der Waals surface area (Å²) in [6, 6.07) is 0.251. The molecule has 2 atom stereocenters. The van der Waals surface area contributed by atoms with Gasteiger partial charge >= 0.3 is 5.97 Å². The second-order valence-corrected chi connectivity index (χ2v) is 4.27. The summed E-state index contributed by atoms with van der Waals surface area (Å²) in [5.74, 6) is -0.155. The van der Waals surface area contributed by atoms with Gasteiger partial charge in [0, 0.05) is 12.6 Å². The van der Waals surface area contributed by atoms with E-state index in [-0.39, 0.29) is 18.1 Å². The summed E-state index contributed by atoms with van der Waals surface area (Å²) in [5.41, 5.74) is 0. The van der Waals surface area contributed by atoms with Crippen LogP contribution in [0.3, 0.4) is 0 Å². The largest absolute Gasteiger partial charge is 0.469 e. The average molecular weight is 215 g/mol. The highest BCUT2D eigenvalue weighted by Crippen LogP contribution is 2.20. The normalized spacial score (nSPS) is 24.9. The van der Waals surface area contributed by atoms with Crippen molar-refractivity contribution in [2.45, 2.75) is 44.8 Å². The number of hydrogen-bond acceptors (Lipinski definition) is 4. The first kappa shape index (κ1) is 12.5. The third-order valence-corrected chi connectivity index (χ3v) is 2.88. The van der Waals surface area contributed by atoms with Gasteiger partial charge in [0.1, 0.15) is 0 Å². The molecule has 1 aliphatic heterocycles. The van der Waals surface area contributed by atoms with E-state index in [1.165, 1.54) is 7.11 Å². The van der Waals surface area contributed by atoms with Crippen molar-refractivity contribution in [2.24, 2.45) is 0 Å². The summed E-state index contributed by atoms with van der Waals surface area (Å²) in [6.45, 7) is 3.41. The summed E-state index contributed by atoms with van der Waals surface area (Å²) in [7, 11) is 1.42. The molecule has 1 rings (SSSR count). The molecule has 0 bridgehead atoms. The number of nitrogens with zero attached hydrogens (tertiary/aromatic N) is 1. The lowest BCUT2D eigenvalue weighted by atomic mass is 9.99. The van der Waals surface area contributed by atoms with Crippen molar-refractivity contribution in [2.75, 3.05) is 20.2 Å². The zero-order chi connectivity index (χ0) is 11.3. The zero-order valence-electron chi connectivity index (χ0n) is 9.61. The quantitative estimate of drug-likeness (QED) is 0.704. The fraction of sp³-hybridized carbons (Fsp3) is 0.909. The SMILES string of the molecule is COC(=O)CC1CCCCN1CC(C)O. The topological polar surface area (TPSA) is 49.8 Å². The third-order valence-electron chi connectivity index (χ3n) is 2.88. The van der Waals surface area contributed by atoms with Crippen molar-refractivity contribution in [3.63, 3.8) is 0 Å². The first-order valence-electron chi connectivity index (χ1n) is 5.62. The van der Waals surface area contributed by atoms with Crippen LogP contribution in [-0.4, -0.2) is 48.3 Å². The van der Waals surface area contributed by atoms with E-state index >= 15 is 0 Å². The average Bonchev–Trinajstić information content (AvgIpc) is 2.20. The highest BCUT2D eigenvalue weighted by molar-refractivity contribution is 5.69. The second kappa shape index (κ2) is 6.08. The van der Waals surface area contributed by atoms with E-state index in [2.05, 4.69) is 9.64 Å². The monoisotopic (exact) mass is 215 g/mol. The molecule has 4 heteroatoms. The Morgan fingerprint density at radius 3 is 2.93 bits per heavy atom. The number of rotatable bonds is 4. The minimum absolute atomic E-state index is 0.155. The molecular formula is C11H21NO3. The number of carbonyl (C=O) groups excluding carboxylic acids is 1. The van der Waals surface area contributed by atoms with Crippen molar-refractivity contribution in [1.82, 2.24) is 4.90 Å². The highest BCUT2D eigenvalue weighted by atomic mass is 16.5. The predicted octanol–water partition coefficient (Wildman–Crippen LogP) is 0.785. The number of hydrogen-bond donors (Lipinski definition) is 1. The van der Waals surface area contributed by atoms with Gasteiger partial charge in [-0.3, -0.25) is 9.69 Å². The van der Waals surface area contributed by atoms with E-state index < -0.39 is 0 Å². The van der Waals surface area contributed by atoms with Crippen molar-refractivity contribution in [3.8, 4) is 0 Å². The number of piperidine rings is 1. The first-order chi connectivity index (χ1) is 7.13. The van der Waals surface area contributed by atoms with Crippen LogP contribution in [0.2, 0.25) is 0 Å². The molecule has 0 aromatic carbocycles. The van der Waals surface area contributed by atoms with Gasteiger partial charge in [0.25, 0.3) is 0 Å². The fourth-order valence-corrected chi connectivity index (χ4v) is 2.15. The lowest BCUT2D eigenvalue weighted by molar-refractivity contribution is -0.142. The van der Waals surface area contributed by atoms with Crippen LogP contribution in [-0.2, 0) is 9.53 Å². The summed E-state index contributed by atoms with van der Waals surface area (Å²) >= 11 is 0. The molecule has 1 fully saturated rings. The molecule has 1 heterocycles. The van der Waals surface area contributed by atoms with E-state index in [0.717, 1.165) is 25.8 Å².